The van der Waals surface area contributed by atoms with Crippen LogP contribution < -0.4 is 5.32 Å². The van der Waals surface area contributed by atoms with Crippen molar-refractivity contribution in [3.8, 4) is 0 Å². The van der Waals surface area contributed by atoms with Gasteiger partial charge >= 0.3 is 0 Å². The van der Waals surface area contributed by atoms with Gasteiger partial charge in [0.2, 0.25) is 5.91 Å². The first-order valence-electron chi connectivity index (χ1n) is 5.31. The fourth-order valence-corrected chi connectivity index (χ4v) is 2.16. The van der Waals surface area contributed by atoms with Crippen molar-refractivity contribution >= 4 is 35.1 Å². The summed E-state index contributed by atoms with van der Waals surface area (Å²) in [7, 11) is 1.80. The van der Waals surface area contributed by atoms with Crippen molar-refractivity contribution in [1.29, 1.82) is 0 Å². The van der Waals surface area contributed by atoms with Gasteiger partial charge in [-0.05, 0) is 24.3 Å². The number of thioether (sulfide) groups is 1. The Labute approximate surface area is 114 Å². The first-order valence-corrected chi connectivity index (χ1v) is 6.68. The fourth-order valence-electron chi connectivity index (χ4n) is 1.34. The molecule has 1 aromatic heterocycles. The molecule has 4 nitrogen and oxygen atoms in total. The molecule has 94 valence electrons. The highest BCUT2D eigenvalue weighted by molar-refractivity contribution is 8.00. The van der Waals surface area contributed by atoms with Crippen LogP contribution in [0.2, 0.25) is 5.02 Å². The summed E-state index contributed by atoms with van der Waals surface area (Å²) in [5.74, 6) is 0.839. The molecule has 0 aliphatic rings. The van der Waals surface area contributed by atoms with Crippen LogP contribution in [0, 0.1) is 0 Å². The van der Waals surface area contributed by atoms with Crippen molar-refractivity contribution in [3.05, 3.63) is 41.6 Å². The highest BCUT2D eigenvalue weighted by Crippen LogP contribution is 2.20. The van der Waals surface area contributed by atoms with Gasteiger partial charge < -0.3 is 5.32 Å². The summed E-state index contributed by atoms with van der Waals surface area (Å²) in [5.41, 5.74) is 0. The zero-order valence-corrected chi connectivity index (χ0v) is 11.3. The monoisotopic (exact) mass is 281 g/mol. The largest absolute Gasteiger partial charge is 0.308 e. The second-order valence-electron chi connectivity index (χ2n) is 3.67. The zero-order chi connectivity index (χ0) is 13.0. The summed E-state index contributed by atoms with van der Waals surface area (Å²) in [5, 5.41) is 7.49. The lowest BCUT2D eigenvalue weighted by atomic mass is 10.4. The molecule has 0 spiro atoms. The number of hydrogen-bond donors (Lipinski definition) is 1. The molecule has 0 bridgehead atoms. The molecule has 0 saturated carbocycles. The summed E-state index contributed by atoms with van der Waals surface area (Å²) in [4.78, 5) is 12.7. The minimum Gasteiger partial charge on any atom is -0.308 e. The average molecular weight is 282 g/mol. The molecule has 1 N–H and O–H groups in total. The Morgan fingerprint density at radius 2 is 2.11 bits per heavy atom. The molecule has 0 unspecified atom stereocenters. The summed E-state index contributed by atoms with van der Waals surface area (Å²) < 4.78 is 1.64. The molecule has 2 aromatic rings. The number of anilines is 1. The van der Waals surface area contributed by atoms with Gasteiger partial charge in [-0.15, -0.1) is 11.8 Å². The highest BCUT2D eigenvalue weighted by Gasteiger charge is 2.05. The number of hydrogen-bond acceptors (Lipinski definition) is 3. The Hall–Kier alpha value is -1.46. The number of aromatic nitrogens is 2. The quantitative estimate of drug-likeness (QED) is 0.877. The van der Waals surface area contributed by atoms with Crippen LogP contribution in [-0.2, 0) is 11.8 Å². The lowest BCUT2D eigenvalue weighted by molar-refractivity contribution is -0.113. The van der Waals surface area contributed by atoms with Crippen molar-refractivity contribution in [2.45, 2.75) is 4.90 Å². The Kier molecular flexibility index (Phi) is 4.28. The van der Waals surface area contributed by atoms with Crippen LogP contribution in [0.1, 0.15) is 0 Å². The van der Waals surface area contributed by atoms with Gasteiger partial charge in [0.05, 0.1) is 5.75 Å². The molecule has 0 radical (unpaired) electrons. The van der Waals surface area contributed by atoms with Crippen molar-refractivity contribution < 1.29 is 4.79 Å². The minimum atomic E-state index is -0.0753. The van der Waals surface area contributed by atoms with E-state index in [0.717, 1.165) is 4.90 Å². The minimum absolute atomic E-state index is 0.0753. The van der Waals surface area contributed by atoms with E-state index in [0.29, 0.717) is 16.6 Å². The van der Waals surface area contributed by atoms with Crippen LogP contribution in [0.25, 0.3) is 0 Å². The molecular formula is C12H12ClN3OS. The van der Waals surface area contributed by atoms with Gasteiger partial charge in [0, 0.05) is 29.2 Å². The Bertz CT molecular complexity index is 539. The molecule has 1 amide bonds. The zero-order valence-electron chi connectivity index (χ0n) is 9.76. The predicted molar refractivity (Wildman–Crippen MR) is 74.0 cm³/mol. The Morgan fingerprint density at radius 3 is 2.72 bits per heavy atom. The summed E-state index contributed by atoms with van der Waals surface area (Å²) in [6, 6.07) is 9.15. The Morgan fingerprint density at radius 1 is 1.39 bits per heavy atom. The maximum Gasteiger partial charge on any atom is 0.235 e. The maximum absolute atomic E-state index is 11.7. The smallest absolute Gasteiger partial charge is 0.235 e. The second-order valence-corrected chi connectivity index (χ2v) is 5.15. The van der Waals surface area contributed by atoms with Gasteiger partial charge in [-0.25, -0.2) is 0 Å². The number of halogens is 1. The lowest BCUT2D eigenvalue weighted by Crippen LogP contribution is -2.14. The van der Waals surface area contributed by atoms with Crippen LogP contribution in [-0.4, -0.2) is 21.4 Å². The number of rotatable bonds is 4. The van der Waals surface area contributed by atoms with Crippen molar-refractivity contribution in [2.24, 2.45) is 7.05 Å². The molecular weight excluding hydrogens is 270 g/mol. The number of nitrogens with zero attached hydrogens (tertiary/aromatic N) is 2. The molecule has 6 heteroatoms. The number of amides is 1. The van der Waals surface area contributed by atoms with Gasteiger partial charge in [-0.3, -0.25) is 9.48 Å². The number of nitrogens with one attached hydrogen (secondary N) is 1. The van der Waals surface area contributed by atoms with Crippen LogP contribution in [0.4, 0.5) is 5.82 Å². The topological polar surface area (TPSA) is 46.9 Å². The normalized spacial score (nSPS) is 10.3. The van der Waals surface area contributed by atoms with Gasteiger partial charge in [-0.2, -0.15) is 5.10 Å². The van der Waals surface area contributed by atoms with Crippen LogP contribution >= 0.6 is 23.4 Å². The summed E-state index contributed by atoms with van der Waals surface area (Å²) >= 11 is 7.24. The Balaban J connectivity index is 1.83. The number of carbonyl (C=O) groups is 1. The lowest BCUT2D eigenvalue weighted by Gasteiger charge is -2.02. The number of benzene rings is 1. The van der Waals surface area contributed by atoms with E-state index in [1.165, 1.54) is 11.8 Å². The van der Waals surface area contributed by atoms with Gasteiger partial charge in [-0.1, -0.05) is 11.6 Å². The van der Waals surface area contributed by atoms with E-state index in [4.69, 9.17) is 11.6 Å². The first kappa shape index (κ1) is 13.0. The molecule has 0 aliphatic heterocycles. The first-order chi connectivity index (χ1) is 8.63. The standard InChI is InChI=1S/C12H12ClN3OS/c1-16-7-6-11(15-16)14-12(17)8-18-10-4-2-9(13)3-5-10/h2-7H,8H2,1H3,(H,14,15,17). The van der Waals surface area contributed by atoms with E-state index in [1.807, 2.05) is 12.1 Å². The van der Waals surface area contributed by atoms with E-state index in [-0.39, 0.29) is 5.91 Å². The maximum atomic E-state index is 11.7. The van der Waals surface area contributed by atoms with Gasteiger partial charge in [0.15, 0.2) is 5.82 Å². The van der Waals surface area contributed by atoms with Crippen molar-refractivity contribution in [3.63, 3.8) is 0 Å². The predicted octanol–water partition coefficient (Wildman–Crippen LogP) is 2.80. The van der Waals surface area contributed by atoms with Crippen LogP contribution in [0.15, 0.2) is 41.4 Å². The number of aryl methyl sites for hydroxylation is 1. The third kappa shape index (κ3) is 3.78. The van der Waals surface area contributed by atoms with Crippen molar-refractivity contribution in [1.82, 2.24) is 9.78 Å². The van der Waals surface area contributed by atoms with E-state index in [9.17, 15) is 4.79 Å². The molecule has 0 atom stereocenters. The molecule has 0 aliphatic carbocycles. The van der Waals surface area contributed by atoms with Crippen molar-refractivity contribution in [2.75, 3.05) is 11.1 Å². The van der Waals surface area contributed by atoms with Gasteiger partial charge in [0.1, 0.15) is 0 Å². The molecule has 1 heterocycles. The highest BCUT2D eigenvalue weighted by atomic mass is 35.5. The molecule has 0 fully saturated rings. The van der Waals surface area contributed by atoms with Crippen LogP contribution in [0.5, 0.6) is 0 Å². The van der Waals surface area contributed by atoms with E-state index in [2.05, 4.69) is 10.4 Å². The SMILES string of the molecule is Cn1ccc(NC(=O)CSc2ccc(Cl)cc2)n1. The summed E-state index contributed by atoms with van der Waals surface area (Å²) in [6.45, 7) is 0. The fraction of sp³-hybridized carbons (Fsp3) is 0.167. The third-order valence-corrected chi connectivity index (χ3v) is 3.43. The average Bonchev–Trinajstić information content (AvgIpc) is 2.74. The third-order valence-electron chi connectivity index (χ3n) is 2.16. The van der Waals surface area contributed by atoms with E-state index >= 15 is 0 Å². The van der Waals surface area contributed by atoms with Gasteiger partial charge in [0.25, 0.3) is 0 Å². The molecule has 2 rings (SSSR count). The molecule has 18 heavy (non-hydrogen) atoms. The van der Waals surface area contributed by atoms with E-state index in [1.54, 1.807) is 36.1 Å². The summed E-state index contributed by atoms with van der Waals surface area (Å²) in [6.07, 6.45) is 1.78. The van der Waals surface area contributed by atoms with E-state index < -0.39 is 0 Å². The second kappa shape index (κ2) is 5.93. The molecule has 1 aromatic carbocycles. The number of carbonyl (C=O) groups excluding carboxylic acids is 1. The molecule has 0 saturated heterocycles. The van der Waals surface area contributed by atoms with Crippen LogP contribution in [0.3, 0.4) is 0 Å².